The molecule has 0 aromatic heterocycles. The molecular weight excluding hydrogens is 494 g/mol. The first-order chi connectivity index (χ1) is 16.8. The van der Waals surface area contributed by atoms with Gasteiger partial charge in [0.25, 0.3) is 0 Å². The van der Waals surface area contributed by atoms with Gasteiger partial charge < -0.3 is 18.8 Å². The van der Waals surface area contributed by atoms with Gasteiger partial charge in [-0.3, -0.25) is 4.79 Å². The molecule has 0 saturated heterocycles. The van der Waals surface area contributed by atoms with Crippen LogP contribution in [-0.4, -0.2) is 52.0 Å². The van der Waals surface area contributed by atoms with Crippen LogP contribution in [0.4, 0.5) is 0 Å². The predicted molar refractivity (Wildman–Crippen MR) is 145 cm³/mol. The molecule has 0 aliphatic carbocycles. The van der Waals surface area contributed by atoms with Crippen LogP contribution in [0.5, 0.6) is 5.75 Å². The zero-order valence-corrected chi connectivity index (χ0v) is 24.4. The van der Waals surface area contributed by atoms with Crippen LogP contribution in [0.1, 0.15) is 60.8 Å². The number of hydrogen-bond acceptors (Lipinski definition) is 5. The summed E-state index contributed by atoms with van der Waals surface area (Å²) in [4.78, 5) is 28.3. The fourth-order valence-corrected chi connectivity index (χ4v) is 5.82. The third kappa shape index (κ3) is 5.63. The summed E-state index contributed by atoms with van der Waals surface area (Å²) in [7, 11) is 0.883. The second-order valence-electron chi connectivity index (χ2n) is 10.9. The Balaban J connectivity index is 2.02. The van der Waals surface area contributed by atoms with Crippen LogP contribution in [0, 0.1) is 0 Å². The molecule has 0 saturated carbocycles. The molecule has 2 aromatic carbocycles. The van der Waals surface area contributed by atoms with Crippen LogP contribution in [0.3, 0.4) is 0 Å². The van der Waals surface area contributed by atoms with E-state index in [0.717, 1.165) is 11.1 Å². The van der Waals surface area contributed by atoms with Gasteiger partial charge in [0.05, 0.1) is 44.9 Å². The Morgan fingerprint density at radius 3 is 2.39 bits per heavy atom. The number of fused-ring (bicyclic) bond motifs is 1. The van der Waals surface area contributed by atoms with Gasteiger partial charge >= 0.3 is 5.97 Å². The average Bonchev–Trinajstić information content (AvgIpc) is 2.82. The highest BCUT2D eigenvalue weighted by molar-refractivity contribution is 6.74. The number of nitrogens with zero attached hydrogens (tertiary/aromatic N) is 1. The highest BCUT2D eigenvalue weighted by atomic mass is 35.5. The van der Waals surface area contributed by atoms with Crippen molar-refractivity contribution in [3.63, 3.8) is 0 Å². The van der Waals surface area contributed by atoms with Gasteiger partial charge in [0.1, 0.15) is 5.75 Å². The second kappa shape index (κ2) is 10.9. The quantitative estimate of drug-likeness (QED) is 0.314. The van der Waals surface area contributed by atoms with Gasteiger partial charge in [-0.05, 0) is 60.8 Å². The van der Waals surface area contributed by atoms with E-state index in [4.69, 9.17) is 25.5 Å². The molecule has 1 amide bonds. The zero-order valence-electron chi connectivity index (χ0n) is 22.6. The number of hydrogen-bond donors (Lipinski definition) is 0. The molecule has 1 heterocycles. The van der Waals surface area contributed by atoms with Crippen molar-refractivity contribution in [3.05, 3.63) is 63.7 Å². The summed E-state index contributed by atoms with van der Waals surface area (Å²) >= 11 is 6.47. The molecule has 36 heavy (non-hydrogen) atoms. The summed E-state index contributed by atoms with van der Waals surface area (Å²) < 4.78 is 17.1. The van der Waals surface area contributed by atoms with Gasteiger partial charge in [-0.25, -0.2) is 4.79 Å². The summed E-state index contributed by atoms with van der Waals surface area (Å²) in [5.74, 6) is 0.151. The number of ether oxygens (including phenoxy) is 2. The average molecular weight is 532 g/mol. The number of rotatable bonds is 7. The van der Waals surface area contributed by atoms with E-state index in [1.807, 2.05) is 30.0 Å². The molecule has 3 rings (SSSR count). The van der Waals surface area contributed by atoms with Crippen molar-refractivity contribution in [1.29, 1.82) is 0 Å². The first-order valence-electron chi connectivity index (χ1n) is 12.3. The van der Waals surface area contributed by atoms with Gasteiger partial charge in [0, 0.05) is 10.6 Å². The number of carbonyl (C=O) groups excluding carboxylic acids is 2. The fraction of sp³-hybridized carbons (Fsp3) is 0.500. The van der Waals surface area contributed by atoms with Crippen molar-refractivity contribution >= 4 is 31.8 Å². The monoisotopic (exact) mass is 531 g/mol. The predicted octanol–water partition coefficient (Wildman–Crippen LogP) is 6.21. The Morgan fingerprint density at radius 1 is 1.11 bits per heavy atom. The van der Waals surface area contributed by atoms with Crippen LogP contribution < -0.4 is 4.74 Å². The van der Waals surface area contributed by atoms with E-state index in [0.29, 0.717) is 34.9 Å². The number of benzene rings is 2. The molecule has 0 bridgehead atoms. The molecule has 196 valence electrons. The largest absolute Gasteiger partial charge is 0.496 e. The first kappa shape index (κ1) is 28.2. The fourth-order valence-electron chi connectivity index (χ4n) is 4.55. The maximum absolute atomic E-state index is 13.9. The van der Waals surface area contributed by atoms with Crippen LogP contribution in [0.2, 0.25) is 23.2 Å². The maximum atomic E-state index is 13.9. The summed E-state index contributed by atoms with van der Waals surface area (Å²) in [5.41, 5.74) is 3.07. The number of amides is 1. The summed E-state index contributed by atoms with van der Waals surface area (Å²) in [6.07, 6.45) is 0.612. The van der Waals surface area contributed by atoms with E-state index < -0.39 is 8.32 Å². The van der Waals surface area contributed by atoms with E-state index in [1.165, 1.54) is 7.11 Å². The molecule has 0 fully saturated rings. The van der Waals surface area contributed by atoms with Crippen LogP contribution >= 0.6 is 11.6 Å². The Bertz CT molecular complexity index is 1130. The first-order valence-corrected chi connectivity index (χ1v) is 15.6. The molecule has 0 N–H and O–H groups in total. The van der Waals surface area contributed by atoms with Gasteiger partial charge in [-0.1, -0.05) is 50.6 Å². The summed E-state index contributed by atoms with van der Waals surface area (Å²) in [5, 5.41) is 0.525. The molecule has 2 atom stereocenters. The van der Waals surface area contributed by atoms with Crippen LogP contribution in [0.25, 0.3) is 0 Å². The lowest BCUT2D eigenvalue weighted by molar-refractivity contribution is -0.137. The Kier molecular flexibility index (Phi) is 8.58. The van der Waals surface area contributed by atoms with Crippen molar-refractivity contribution in [2.75, 3.05) is 20.8 Å². The smallest absolute Gasteiger partial charge is 0.338 e. The van der Waals surface area contributed by atoms with E-state index in [-0.39, 0.29) is 35.4 Å². The van der Waals surface area contributed by atoms with Crippen molar-refractivity contribution in [2.45, 2.75) is 70.8 Å². The van der Waals surface area contributed by atoms with Gasteiger partial charge in [-0.15, -0.1) is 0 Å². The number of esters is 1. The SMILES string of the molecule is COC(=O)c1cccc2c1C[C@H](CO[Si](C)(C)C(C)(C)C)N(C(=O)Cc1c(Cl)cccc1OC)[C@H]2C. The molecule has 8 heteroatoms. The van der Waals surface area contributed by atoms with E-state index >= 15 is 0 Å². The van der Waals surface area contributed by atoms with Crippen molar-refractivity contribution in [2.24, 2.45) is 0 Å². The van der Waals surface area contributed by atoms with Crippen LogP contribution in [-0.2, 0) is 26.8 Å². The Morgan fingerprint density at radius 2 is 1.78 bits per heavy atom. The molecule has 1 aliphatic rings. The molecule has 6 nitrogen and oxygen atoms in total. The van der Waals surface area contributed by atoms with Crippen molar-refractivity contribution in [1.82, 2.24) is 4.90 Å². The molecule has 2 aromatic rings. The lowest BCUT2D eigenvalue weighted by Crippen LogP contribution is -2.52. The van der Waals surface area contributed by atoms with Gasteiger partial charge in [0.15, 0.2) is 8.32 Å². The third-order valence-electron chi connectivity index (χ3n) is 7.67. The van der Waals surface area contributed by atoms with Crippen LogP contribution in [0.15, 0.2) is 36.4 Å². The third-order valence-corrected chi connectivity index (χ3v) is 12.5. The van der Waals surface area contributed by atoms with E-state index in [1.54, 1.807) is 25.3 Å². The minimum absolute atomic E-state index is 0.0299. The molecule has 1 aliphatic heterocycles. The lowest BCUT2D eigenvalue weighted by Gasteiger charge is -2.45. The summed E-state index contributed by atoms with van der Waals surface area (Å²) in [6.45, 7) is 13.4. The maximum Gasteiger partial charge on any atom is 0.338 e. The van der Waals surface area contributed by atoms with Gasteiger partial charge in [-0.2, -0.15) is 0 Å². The normalized spacial score (nSPS) is 18.0. The highest BCUT2D eigenvalue weighted by Crippen LogP contribution is 2.40. The number of methoxy groups -OCH3 is 2. The van der Waals surface area contributed by atoms with Crippen molar-refractivity contribution in [3.8, 4) is 5.75 Å². The minimum atomic E-state index is -2.08. The van der Waals surface area contributed by atoms with E-state index in [2.05, 4.69) is 33.9 Å². The topological polar surface area (TPSA) is 65.1 Å². The number of halogens is 1. The molecule has 0 radical (unpaired) electrons. The van der Waals surface area contributed by atoms with E-state index in [9.17, 15) is 9.59 Å². The zero-order chi connectivity index (χ0) is 26.8. The molecule has 0 unspecified atom stereocenters. The minimum Gasteiger partial charge on any atom is -0.496 e. The standard InChI is InChI=1S/C28H38ClNO5Si/c1-18-20-11-9-12-21(27(32)34-6)22(20)15-19(17-35-36(7,8)28(2,3)4)30(18)26(31)16-23-24(29)13-10-14-25(23)33-5/h9-14,18-19H,15-17H2,1-8H3/t18-,19+/m0/s1. The Hall–Kier alpha value is -2.35. The molecule has 0 spiro atoms. The number of carbonyl (C=O) groups is 2. The highest BCUT2D eigenvalue weighted by Gasteiger charge is 2.41. The Labute approximate surface area is 221 Å². The molecular formula is C28H38ClNO5Si. The lowest BCUT2D eigenvalue weighted by atomic mass is 9.85. The van der Waals surface area contributed by atoms with Gasteiger partial charge in [0.2, 0.25) is 5.91 Å². The second-order valence-corrected chi connectivity index (χ2v) is 16.1. The van der Waals surface area contributed by atoms with Crippen molar-refractivity contribution < 1.29 is 23.5 Å². The summed E-state index contributed by atoms with van der Waals surface area (Å²) in [6, 6.07) is 10.5.